The highest BCUT2D eigenvalue weighted by Crippen LogP contribution is 2.01. The van der Waals surface area contributed by atoms with Crippen molar-refractivity contribution in [2.24, 2.45) is 0 Å². The van der Waals surface area contributed by atoms with Crippen LogP contribution in [-0.4, -0.2) is 40.0 Å². The first kappa shape index (κ1) is 15.8. The maximum absolute atomic E-state index is 8.41. The van der Waals surface area contributed by atoms with Crippen molar-refractivity contribution in [1.29, 1.82) is 0 Å². The zero-order chi connectivity index (χ0) is 13.8. The van der Waals surface area contributed by atoms with E-state index in [-0.39, 0.29) is 24.6 Å². The van der Waals surface area contributed by atoms with Crippen molar-refractivity contribution in [3.63, 3.8) is 0 Å². The van der Waals surface area contributed by atoms with Crippen LogP contribution >= 0.6 is 0 Å². The predicted octanol–water partition coefficient (Wildman–Crippen LogP) is -0.227. The van der Waals surface area contributed by atoms with Crippen molar-refractivity contribution < 1.29 is 9.84 Å². The molecule has 0 amide bonds. The molecule has 0 saturated heterocycles. The number of hydrogen-bond donors (Lipinski definition) is 4. The summed E-state index contributed by atoms with van der Waals surface area (Å²) in [5.41, 5.74) is 10.5. The normalized spacial score (nSPS) is 8.94. The van der Waals surface area contributed by atoms with Crippen LogP contribution in [0.25, 0.3) is 0 Å². The molecule has 0 radical (unpaired) electrons. The summed E-state index contributed by atoms with van der Waals surface area (Å²) in [7, 11) is 0. The highest BCUT2D eigenvalue weighted by atomic mass is 16.5. The molecule has 6 N–H and O–H groups in total. The molecule has 0 fully saturated rings. The van der Waals surface area contributed by atoms with Gasteiger partial charge in [-0.1, -0.05) is 12.2 Å². The van der Waals surface area contributed by atoms with Crippen LogP contribution in [0.2, 0.25) is 0 Å². The Morgan fingerprint density at radius 3 is 2.00 bits per heavy atom. The van der Waals surface area contributed by atoms with Gasteiger partial charge in [-0.3, -0.25) is 0 Å². The van der Waals surface area contributed by atoms with Gasteiger partial charge in [0.25, 0.3) is 0 Å². The number of nitrogens with two attached hydrogens (primary N) is 2. The molecule has 0 bridgehead atoms. The van der Waals surface area contributed by atoms with E-state index >= 15 is 0 Å². The Morgan fingerprint density at radius 2 is 1.61 bits per heavy atom. The third-order valence-electron chi connectivity index (χ3n) is 1.38. The van der Waals surface area contributed by atoms with Gasteiger partial charge >= 0.3 is 0 Å². The number of nitrogens with one attached hydrogen (secondary N) is 1. The largest absolute Gasteiger partial charge is 0.376 e. The molecule has 0 aliphatic carbocycles. The van der Waals surface area contributed by atoms with E-state index in [1.165, 1.54) is 0 Å². The van der Waals surface area contributed by atoms with E-state index in [9.17, 15) is 0 Å². The smallest absolute Gasteiger partial charge is 0.231 e. The van der Waals surface area contributed by atoms with E-state index in [2.05, 4.69) is 33.4 Å². The Hall–Kier alpha value is -2.19. The Bertz CT molecular complexity index is 343. The minimum absolute atomic E-state index is 0.0217. The standard InChI is InChI=1S/C6H10O.C4H8N6O/c1-3-5-7-6-4-2;5-2-8-3(6)10-4(9-2)7-1-11/h3-4H,1-2,5-6H2;11H,1H2,(H5,5,6,7,8,9,10). The molecular weight excluding hydrogens is 236 g/mol. The predicted molar refractivity (Wildman–Crippen MR) is 70.6 cm³/mol. The van der Waals surface area contributed by atoms with E-state index in [0.29, 0.717) is 13.2 Å². The lowest BCUT2D eigenvalue weighted by Gasteiger charge is -2.00. The Kier molecular flexibility index (Phi) is 8.78. The summed E-state index contributed by atoms with van der Waals surface area (Å²) in [5.74, 6) is 0.208. The molecule has 0 aromatic carbocycles. The van der Waals surface area contributed by atoms with Gasteiger partial charge in [-0.2, -0.15) is 15.0 Å². The van der Waals surface area contributed by atoms with Crippen LogP contribution in [0.4, 0.5) is 17.8 Å². The van der Waals surface area contributed by atoms with Crippen molar-refractivity contribution in [2.75, 3.05) is 36.7 Å². The molecular formula is C10H18N6O2. The number of ether oxygens (including phenoxy) is 1. The van der Waals surface area contributed by atoms with E-state index in [4.69, 9.17) is 21.3 Å². The van der Waals surface area contributed by atoms with E-state index in [1.807, 2.05) is 0 Å². The fourth-order valence-corrected chi connectivity index (χ4v) is 0.794. The maximum atomic E-state index is 8.41. The van der Waals surface area contributed by atoms with Crippen LogP contribution in [0.3, 0.4) is 0 Å². The van der Waals surface area contributed by atoms with Gasteiger partial charge in [0.1, 0.15) is 6.73 Å². The summed E-state index contributed by atoms with van der Waals surface area (Å²) in [4.78, 5) is 10.8. The average molecular weight is 254 g/mol. The molecule has 1 aromatic rings. The van der Waals surface area contributed by atoms with Crippen LogP contribution in [0.1, 0.15) is 0 Å². The fraction of sp³-hybridized carbons (Fsp3) is 0.300. The fourth-order valence-electron chi connectivity index (χ4n) is 0.794. The van der Waals surface area contributed by atoms with Gasteiger partial charge in [-0.25, -0.2) is 0 Å². The number of aliphatic hydroxyl groups excluding tert-OH is 1. The highest BCUT2D eigenvalue weighted by molar-refractivity contribution is 5.36. The quantitative estimate of drug-likeness (QED) is 0.311. The lowest BCUT2D eigenvalue weighted by Crippen LogP contribution is -2.09. The number of aliphatic hydroxyl groups is 1. The minimum Gasteiger partial charge on any atom is -0.376 e. The zero-order valence-corrected chi connectivity index (χ0v) is 10.0. The second-order valence-electron chi connectivity index (χ2n) is 2.83. The third kappa shape index (κ3) is 8.02. The second kappa shape index (κ2) is 10.00. The topological polar surface area (TPSA) is 132 Å². The van der Waals surface area contributed by atoms with E-state index in [1.54, 1.807) is 12.2 Å². The van der Waals surface area contributed by atoms with E-state index in [0.717, 1.165) is 0 Å². The zero-order valence-electron chi connectivity index (χ0n) is 10.0. The number of aromatic nitrogens is 3. The maximum Gasteiger partial charge on any atom is 0.231 e. The molecule has 0 spiro atoms. The van der Waals surface area contributed by atoms with Gasteiger partial charge in [-0.15, -0.1) is 13.2 Å². The van der Waals surface area contributed by atoms with Crippen molar-refractivity contribution >= 4 is 17.8 Å². The molecule has 8 heteroatoms. The van der Waals surface area contributed by atoms with Crippen LogP contribution < -0.4 is 16.8 Å². The minimum atomic E-state index is -0.275. The van der Waals surface area contributed by atoms with Gasteiger partial charge in [-0.05, 0) is 0 Å². The number of nitrogens with zero attached hydrogens (tertiary/aromatic N) is 3. The molecule has 1 rings (SSSR count). The molecule has 0 atom stereocenters. The summed E-state index contributed by atoms with van der Waals surface area (Å²) in [5, 5.41) is 10.8. The SMILES string of the molecule is C=CCOCC=C.Nc1nc(N)nc(NCO)n1. The lowest BCUT2D eigenvalue weighted by atomic mass is 10.6. The van der Waals surface area contributed by atoms with Crippen molar-refractivity contribution in [1.82, 2.24) is 15.0 Å². The lowest BCUT2D eigenvalue weighted by molar-refractivity contribution is 0.194. The highest BCUT2D eigenvalue weighted by Gasteiger charge is 1.98. The van der Waals surface area contributed by atoms with E-state index < -0.39 is 0 Å². The summed E-state index contributed by atoms with van der Waals surface area (Å²) in [6.07, 6.45) is 3.42. The van der Waals surface area contributed by atoms with Crippen molar-refractivity contribution in [3.05, 3.63) is 25.3 Å². The molecule has 1 heterocycles. The number of anilines is 3. The first-order chi connectivity index (χ1) is 8.63. The summed E-state index contributed by atoms with van der Waals surface area (Å²) in [6.45, 7) is 7.91. The van der Waals surface area contributed by atoms with Crippen molar-refractivity contribution in [3.8, 4) is 0 Å². The Labute approximate surface area is 105 Å². The monoisotopic (exact) mass is 254 g/mol. The van der Waals surface area contributed by atoms with Gasteiger partial charge in [0.2, 0.25) is 17.8 Å². The van der Waals surface area contributed by atoms with Gasteiger partial charge in [0, 0.05) is 0 Å². The van der Waals surface area contributed by atoms with Gasteiger partial charge in [0.15, 0.2) is 0 Å². The Morgan fingerprint density at radius 1 is 1.11 bits per heavy atom. The third-order valence-corrected chi connectivity index (χ3v) is 1.38. The number of rotatable bonds is 6. The molecule has 18 heavy (non-hydrogen) atoms. The molecule has 8 nitrogen and oxygen atoms in total. The van der Waals surface area contributed by atoms with Crippen LogP contribution in [-0.2, 0) is 4.74 Å². The Balaban J connectivity index is 0.000000360. The summed E-state index contributed by atoms with van der Waals surface area (Å²) < 4.78 is 4.90. The van der Waals surface area contributed by atoms with Gasteiger partial charge in [0.05, 0.1) is 13.2 Å². The first-order valence-electron chi connectivity index (χ1n) is 5.05. The average Bonchev–Trinajstić information content (AvgIpc) is 2.29. The summed E-state index contributed by atoms with van der Waals surface area (Å²) >= 11 is 0. The summed E-state index contributed by atoms with van der Waals surface area (Å²) in [6, 6.07) is 0. The molecule has 1 aromatic heterocycles. The molecule has 100 valence electrons. The van der Waals surface area contributed by atoms with Crippen molar-refractivity contribution in [2.45, 2.75) is 0 Å². The molecule has 0 saturated carbocycles. The number of nitrogen functional groups attached to an aromatic ring is 2. The molecule has 0 aliphatic heterocycles. The van der Waals surface area contributed by atoms with Crippen LogP contribution in [0.15, 0.2) is 25.3 Å². The van der Waals surface area contributed by atoms with Crippen LogP contribution in [0.5, 0.6) is 0 Å². The first-order valence-corrected chi connectivity index (χ1v) is 5.05. The van der Waals surface area contributed by atoms with Gasteiger partial charge < -0.3 is 26.6 Å². The second-order valence-corrected chi connectivity index (χ2v) is 2.83. The molecule has 0 unspecified atom stereocenters. The number of hydrogen-bond acceptors (Lipinski definition) is 8. The molecule has 0 aliphatic rings. The van der Waals surface area contributed by atoms with Crippen LogP contribution in [0, 0.1) is 0 Å².